The largest absolute Gasteiger partial charge is 0.416 e. The number of benzene rings is 1. The van der Waals surface area contributed by atoms with E-state index in [1.54, 1.807) is 0 Å². The molecular weight excluding hydrogens is 353 g/mol. The first kappa shape index (κ1) is 19.3. The van der Waals surface area contributed by atoms with Crippen molar-refractivity contribution >= 4 is 11.8 Å². The van der Waals surface area contributed by atoms with Crippen LogP contribution in [0.3, 0.4) is 0 Å². The van der Waals surface area contributed by atoms with E-state index in [1.165, 1.54) is 12.1 Å². The predicted molar refractivity (Wildman–Crippen MR) is 84.6 cm³/mol. The highest BCUT2D eigenvalue weighted by atomic mass is 19.4. The summed E-state index contributed by atoms with van der Waals surface area (Å²) in [5, 5.41) is 16.2. The van der Waals surface area contributed by atoms with Gasteiger partial charge in [-0.1, -0.05) is 19.1 Å². The minimum absolute atomic E-state index is 0.0374. The molecule has 0 aliphatic rings. The number of nitrogens with one attached hydrogen (secondary N) is 2. The van der Waals surface area contributed by atoms with Crippen LogP contribution in [0, 0.1) is 0 Å². The Morgan fingerprint density at radius 2 is 1.96 bits per heavy atom. The van der Waals surface area contributed by atoms with Gasteiger partial charge in [-0.2, -0.15) is 18.0 Å². The third-order valence-electron chi connectivity index (χ3n) is 3.20. The maximum absolute atomic E-state index is 12.7. The van der Waals surface area contributed by atoms with Crippen molar-refractivity contribution < 1.29 is 22.8 Å². The molecule has 140 valence electrons. The Labute approximate surface area is 146 Å². The van der Waals surface area contributed by atoms with Crippen LogP contribution in [0.15, 0.2) is 24.3 Å². The van der Waals surface area contributed by atoms with E-state index in [0.717, 1.165) is 23.4 Å². The highest BCUT2D eigenvalue weighted by Crippen LogP contribution is 2.31. The molecule has 0 unspecified atom stereocenters. The number of tetrazole rings is 1. The van der Waals surface area contributed by atoms with E-state index < -0.39 is 17.6 Å². The second-order valence-corrected chi connectivity index (χ2v) is 5.35. The minimum Gasteiger partial charge on any atom is -0.355 e. The van der Waals surface area contributed by atoms with E-state index in [4.69, 9.17) is 0 Å². The third-order valence-corrected chi connectivity index (χ3v) is 3.20. The van der Waals surface area contributed by atoms with Crippen LogP contribution in [0.4, 0.5) is 13.2 Å². The molecule has 0 spiro atoms. The van der Waals surface area contributed by atoms with Gasteiger partial charge in [-0.05, 0) is 23.8 Å². The normalized spacial score (nSPS) is 11.2. The number of nitrogens with zero attached hydrogens (tertiary/aromatic N) is 4. The van der Waals surface area contributed by atoms with Crippen molar-refractivity contribution in [2.24, 2.45) is 0 Å². The van der Waals surface area contributed by atoms with Crippen molar-refractivity contribution in [1.29, 1.82) is 0 Å². The fourth-order valence-corrected chi connectivity index (χ4v) is 1.95. The van der Waals surface area contributed by atoms with Crippen molar-refractivity contribution in [2.45, 2.75) is 26.1 Å². The molecule has 8 nitrogen and oxygen atoms in total. The Balaban J connectivity index is 1.95. The molecule has 0 saturated heterocycles. The van der Waals surface area contributed by atoms with Gasteiger partial charge in [-0.25, -0.2) is 0 Å². The van der Waals surface area contributed by atoms with Crippen LogP contribution >= 0.6 is 0 Å². The van der Waals surface area contributed by atoms with Crippen molar-refractivity contribution in [1.82, 2.24) is 30.8 Å². The number of aromatic nitrogens is 4. The predicted octanol–water partition coefficient (Wildman–Crippen LogP) is 1.00. The molecule has 0 saturated carbocycles. The SMILES string of the molecule is CCCNC(=O)CNC(=O)Cn1nnc(-c2cccc(C(F)(F)F)c2)n1. The molecule has 0 aliphatic heterocycles. The van der Waals surface area contributed by atoms with Crippen LogP contribution in [0.25, 0.3) is 11.4 Å². The van der Waals surface area contributed by atoms with Gasteiger partial charge in [0.1, 0.15) is 6.54 Å². The summed E-state index contributed by atoms with van der Waals surface area (Å²) in [6.45, 7) is 1.91. The summed E-state index contributed by atoms with van der Waals surface area (Å²) < 4.78 is 38.2. The Morgan fingerprint density at radius 3 is 2.65 bits per heavy atom. The van der Waals surface area contributed by atoms with Crippen LogP contribution in [0.1, 0.15) is 18.9 Å². The average Bonchev–Trinajstić information content (AvgIpc) is 3.06. The van der Waals surface area contributed by atoms with Gasteiger partial charge in [0, 0.05) is 12.1 Å². The molecule has 0 atom stereocenters. The van der Waals surface area contributed by atoms with Crippen LogP contribution in [0.5, 0.6) is 0 Å². The molecule has 2 aromatic rings. The topological polar surface area (TPSA) is 102 Å². The first-order valence-electron chi connectivity index (χ1n) is 7.78. The van der Waals surface area contributed by atoms with Gasteiger partial charge in [0.25, 0.3) is 0 Å². The second kappa shape index (κ2) is 8.41. The number of rotatable bonds is 7. The monoisotopic (exact) mass is 370 g/mol. The molecular formula is C15H17F3N6O2. The van der Waals surface area contributed by atoms with Crippen molar-refractivity contribution in [3.8, 4) is 11.4 Å². The van der Waals surface area contributed by atoms with Crippen molar-refractivity contribution in [3.05, 3.63) is 29.8 Å². The van der Waals surface area contributed by atoms with Gasteiger partial charge in [-0.3, -0.25) is 9.59 Å². The fourth-order valence-electron chi connectivity index (χ4n) is 1.95. The number of alkyl halides is 3. The zero-order chi connectivity index (χ0) is 19.2. The number of carbonyl (C=O) groups is 2. The van der Waals surface area contributed by atoms with E-state index in [1.807, 2.05) is 6.92 Å². The summed E-state index contributed by atoms with van der Waals surface area (Å²) in [4.78, 5) is 24.1. The first-order valence-corrected chi connectivity index (χ1v) is 7.78. The van der Waals surface area contributed by atoms with Crippen LogP contribution < -0.4 is 10.6 Å². The highest BCUT2D eigenvalue weighted by molar-refractivity contribution is 5.84. The maximum Gasteiger partial charge on any atom is 0.416 e. The van der Waals surface area contributed by atoms with E-state index in [-0.39, 0.29) is 30.4 Å². The van der Waals surface area contributed by atoms with Crippen LogP contribution in [-0.2, 0) is 22.3 Å². The lowest BCUT2D eigenvalue weighted by molar-refractivity contribution is -0.137. The number of carbonyl (C=O) groups excluding carboxylic acids is 2. The number of hydrogen-bond acceptors (Lipinski definition) is 5. The molecule has 1 aromatic carbocycles. The Hall–Kier alpha value is -2.98. The van der Waals surface area contributed by atoms with Crippen LogP contribution in [0.2, 0.25) is 0 Å². The van der Waals surface area contributed by atoms with Crippen molar-refractivity contribution in [3.63, 3.8) is 0 Å². The van der Waals surface area contributed by atoms with Gasteiger partial charge in [0.05, 0.1) is 12.1 Å². The summed E-state index contributed by atoms with van der Waals surface area (Å²) in [7, 11) is 0. The Morgan fingerprint density at radius 1 is 1.19 bits per heavy atom. The summed E-state index contributed by atoms with van der Waals surface area (Å²) in [5.74, 6) is -0.884. The van der Waals surface area contributed by atoms with E-state index >= 15 is 0 Å². The molecule has 2 amide bonds. The van der Waals surface area contributed by atoms with Crippen LogP contribution in [-0.4, -0.2) is 45.1 Å². The lowest BCUT2D eigenvalue weighted by Gasteiger charge is -2.06. The Bertz CT molecular complexity index is 775. The summed E-state index contributed by atoms with van der Waals surface area (Å²) in [6, 6.07) is 4.49. The smallest absolute Gasteiger partial charge is 0.355 e. The third kappa shape index (κ3) is 5.53. The van der Waals surface area contributed by atoms with Gasteiger partial charge in [-0.15, -0.1) is 10.2 Å². The van der Waals surface area contributed by atoms with E-state index in [0.29, 0.717) is 6.54 Å². The van der Waals surface area contributed by atoms with E-state index in [2.05, 4.69) is 26.0 Å². The molecule has 2 N–H and O–H groups in total. The summed E-state index contributed by atoms with van der Waals surface area (Å²) in [5.41, 5.74) is -0.701. The molecule has 1 heterocycles. The second-order valence-electron chi connectivity index (χ2n) is 5.35. The number of halogens is 3. The molecule has 0 aliphatic carbocycles. The molecule has 11 heteroatoms. The number of hydrogen-bond donors (Lipinski definition) is 2. The zero-order valence-electron chi connectivity index (χ0n) is 13.9. The molecule has 0 bridgehead atoms. The summed E-state index contributed by atoms with van der Waals surface area (Å²) >= 11 is 0. The fraction of sp³-hybridized carbons (Fsp3) is 0.400. The van der Waals surface area contributed by atoms with Gasteiger partial charge in [0.2, 0.25) is 17.6 Å². The van der Waals surface area contributed by atoms with Gasteiger partial charge < -0.3 is 10.6 Å². The summed E-state index contributed by atoms with van der Waals surface area (Å²) in [6.07, 6.45) is -3.70. The molecule has 0 radical (unpaired) electrons. The lowest BCUT2D eigenvalue weighted by atomic mass is 10.1. The Kier molecular flexibility index (Phi) is 6.26. The number of amides is 2. The van der Waals surface area contributed by atoms with Gasteiger partial charge in [0.15, 0.2) is 0 Å². The maximum atomic E-state index is 12.7. The molecule has 1 aromatic heterocycles. The van der Waals surface area contributed by atoms with E-state index in [9.17, 15) is 22.8 Å². The minimum atomic E-state index is -4.48. The standard InChI is InChI=1S/C15H17F3N6O2/c1-2-6-19-12(25)8-20-13(26)9-24-22-14(21-23-24)10-4-3-5-11(7-10)15(16,17)18/h3-5,7H,2,6,8-9H2,1H3,(H,19,25)(H,20,26). The molecule has 0 fully saturated rings. The molecule has 2 rings (SSSR count). The van der Waals surface area contributed by atoms with Gasteiger partial charge >= 0.3 is 6.18 Å². The zero-order valence-corrected chi connectivity index (χ0v) is 13.9. The van der Waals surface area contributed by atoms with Crippen molar-refractivity contribution in [2.75, 3.05) is 13.1 Å². The average molecular weight is 370 g/mol. The lowest BCUT2D eigenvalue weighted by Crippen LogP contribution is -2.38. The molecule has 26 heavy (non-hydrogen) atoms. The quantitative estimate of drug-likeness (QED) is 0.757. The highest BCUT2D eigenvalue weighted by Gasteiger charge is 2.30. The first-order chi connectivity index (χ1) is 12.3.